The number of nitrogens with one attached hydrogen (secondary N) is 2. The zero-order valence-electron chi connectivity index (χ0n) is 12.4. The number of aliphatic hydroxyl groups is 1. The molecule has 2 fully saturated rings. The average Bonchev–Trinajstić information content (AvgIpc) is 2.48. The van der Waals surface area contributed by atoms with Crippen LogP contribution in [-0.2, 0) is 4.79 Å². The second-order valence-corrected chi connectivity index (χ2v) is 6.29. The maximum atomic E-state index is 12.0. The second-order valence-electron chi connectivity index (χ2n) is 6.29. The first-order chi connectivity index (χ1) is 10.1. The van der Waals surface area contributed by atoms with E-state index < -0.39 is 24.1 Å². The molecule has 2 aliphatic carbocycles. The third-order valence-corrected chi connectivity index (χ3v) is 4.72. The summed E-state index contributed by atoms with van der Waals surface area (Å²) < 4.78 is 0. The number of aliphatic carboxylic acids is 1. The van der Waals surface area contributed by atoms with Crippen LogP contribution in [0.15, 0.2) is 0 Å². The summed E-state index contributed by atoms with van der Waals surface area (Å²) in [5.74, 6) is -0.959. The Hall–Kier alpha value is -1.30. The lowest BCUT2D eigenvalue weighted by Crippen LogP contribution is -2.54. The summed E-state index contributed by atoms with van der Waals surface area (Å²) in [6.45, 7) is 0. The quantitative estimate of drug-likeness (QED) is 0.634. The minimum absolute atomic E-state index is 0.0123. The van der Waals surface area contributed by atoms with Crippen molar-refractivity contribution in [1.29, 1.82) is 0 Å². The molecule has 2 amide bonds. The van der Waals surface area contributed by atoms with Gasteiger partial charge in [-0.05, 0) is 31.6 Å². The fraction of sp³-hybridized carbons (Fsp3) is 0.867. The van der Waals surface area contributed by atoms with Gasteiger partial charge in [-0.15, -0.1) is 0 Å². The number of carboxylic acids is 1. The smallest absolute Gasteiger partial charge is 0.326 e. The maximum Gasteiger partial charge on any atom is 0.326 e. The second kappa shape index (κ2) is 7.64. The van der Waals surface area contributed by atoms with Crippen molar-refractivity contribution in [1.82, 2.24) is 10.6 Å². The number of aliphatic hydroxyl groups excluding tert-OH is 1. The molecule has 6 nitrogen and oxygen atoms in total. The Kier molecular flexibility index (Phi) is 5.85. The van der Waals surface area contributed by atoms with Crippen molar-refractivity contribution in [3.05, 3.63) is 0 Å². The molecule has 6 heteroatoms. The number of carbonyl (C=O) groups is 2. The number of carbonyl (C=O) groups excluding carboxylic acids is 1. The lowest BCUT2D eigenvalue weighted by molar-refractivity contribution is -0.141. The van der Waals surface area contributed by atoms with E-state index in [1.807, 2.05) is 0 Å². The Labute approximate surface area is 125 Å². The minimum atomic E-state index is -0.971. The topological polar surface area (TPSA) is 98.7 Å². The van der Waals surface area contributed by atoms with Gasteiger partial charge in [0, 0.05) is 0 Å². The zero-order chi connectivity index (χ0) is 15.2. The molecule has 0 aromatic rings. The Bertz CT molecular complexity index is 369. The summed E-state index contributed by atoms with van der Waals surface area (Å²) in [7, 11) is 0. The first-order valence-electron chi connectivity index (χ1n) is 8.06. The average molecular weight is 298 g/mol. The van der Waals surface area contributed by atoms with Crippen LogP contribution < -0.4 is 10.6 Å². The molecule has 4 N–H and O–H groups in total. The molecule has 0 saturated heterocycles. The highest BCUT2D eigenvalue weighted by Gasteiger charge is 2.32. The predicted molar refractivity (Wildman–Crippen MR) is 77.9 cm³/mol. The molecular weight excluding hydrogens is 272 g/mol. The molecule has 3 atom stereocenters. The minimum Gasteiger partial charge on any atom is -0.480 e. The van der Waals surface area contributed by atoms with Gasteiger partial charge in [0.2, 0.25) is 0 Å². The van der Waals surface area contributed by atoms with Crippen LogP contribution in [0.2, 0.25) is 0 Å². The summed E-state index contributed by atoms with van der Waals surface area (Å²) in [5.41, 5.74) is 0. The van der Waals surface area contributed by atoms with Crippen molar-refractivity contribution >= 4 is 12.0 Å². The third-order valence-electron chi connectivity index (χ3n) is 4.72. The van der Waals surface area contributed by atoms with Crippen molar-refractivity contribution in [3.8, 4) is 0 Å². The van der Waals surface area contributed by atoms with Gasteiger partial charge >= 0.3 is 12.0 Å². The first kappa shape index (κ1) is 16.1. The Morgan fingerprint density at radius 2 is 1.57 bits per heavy atom. The van der Waals surface area contributed by atoms with E-state index in [1.165, 1.54) is 0 Å². The van der Waals surface area contributed by atoms with Crippen LogP contribution in [0.25, 0.3) is 0 Å². The molecule has 0 heterocycles. The molecule has 0 spiro atoms. The van der Waals surface area contributed by atoms with E-state index in [9.17, 15) is 19.8 Å². The zero-order valence-corrected chi connectivity index (χ0v) is 12.4. The van der Waals surface area contributed by atoms with Crippen molar-refractivity contribution in [2.75, 3.05) is 0 Å². The fourth-order valence-electron chi connectivity index (χ4n) is 3.48. The molecule has 0 aliphatic heterocycles. The lowest BCUT2D eigenvalue weighted by Gasteiger charge is -2.31. The summed E-state index contributed by atoms with van der Waals surface area (Å²) >= 11 is 0. The summed E-state index contributed by atoms with van der Waals surface area (Å²) in [4.78, 5) is 23.4. The molecule has 3 unspecified atom stereocenters. The van der Waals surface area contributed by atoms with Crippen LogP contribution in [0, 0.1) is 5.92 Å². The molecule has 0 bridgehead atoms. The highest BCUT2D eigenvalue weighted by atomic mass is 16.4. The number of urea groups is 1. The van der Waals surface area contributed by atoms with E-state index in [2.05, 4.69) is 10.6 Å². The van der Waals surface area contributed by atoms with E-state index in [0.29, 0.717) is 6.42 Å². The number of carboxylic acid groups (broad SMARTS) is 1. The van der Waals surface area contributed by atoms with Crippen molar-refractivity contribution in [2.24, 2.45) is 5.92 Å². The van der Waals surface area contributed by atoms with Gasteiger partial charge in [0.1, 0.15) is 6.04 Å². The van der Waals surface area contributed by atoms with Gasteiger partial charge in [0.15, 0.2) is 0 Å². The van der Waals surface area contributed by atoms with Crippen molar-refractivity contribution in [2.45, 2.75) is 76.0 Å². The lowest BCUT2D eigenvalue weighted by atomic mass is 9.84. The molecule has 0 aromatic carbocycles. The van der Waals surface area contributed by atoms with Crippen LogP contribution in [0.1, 0.15) is 57.8 Å². The van der Waals surface area contributed by atoms with Gasteiger partial charge in [-0.25, -0.2) is 9.59 Å². The number of amides is 2. The maximum absolute atomic E-state index is 12.0. The van der Waals surface area contributed by atoms with E-state index in [-0.39, 0.29) is 12.0 Å². The molecular formula is C15H26N2O4. The van der Waals surface area contributed by atoms with Gasteiger partial charge in [-0.1, -0.05) is 32.1 Å². The van der Waals surface area contributed by atoms with E-state index >= 15 is 0 Å². The number of hydrogen-bond donors (Lipinski definition) is 4. The fourth-order valence-corrected chi connectivity index (χ4v) is 3.48. The van der Waals surface area contributed by atoms with Crippen LogP contribution in [-0.4, -0.2) is 40.4 Å². The van der Waals surface area contributed by atoms with Gasteiger partial charge < -0.3 is 20.8 Å². The summed E-state index contributed by atoms with van der Waals surface area (Å²) in [5, 5.41) is 24.5. The summed E-state index contributed by atoms with van der Waals surface area (Å²) in [6.07, 6.45) is 7.76. The van der Waals surface area contributed by atoms with Crippen LogP contribution in [0.4, 0.5) is 4.79 Å². The number of rotatable bonds is 4. The standard InChI is InChI=1S/C15H26N2O4/c18-12-9-5-4-8-11(12)16-15(21)17-13(14(19)20)10-6-2-1-3-7-10/h10-13,18H,1-9H2,(H,19,20)(H2,16,17,21). The van der Waals surface area contributed by atoms with Crippen LogP contribution >= 0.6 is 0 Å². The van der Waals surface area contributed by atoms with Gasteiger partial charge in [-0.3, -0.25) is 0 Å². The predicted octanol–water partition coefficient (Wildman–Crippen LogP) is 1.62. The van der Waals surface area contributed by atoms with Crippen LogP contribution in [0.3, 0.4) is 0 Å². The van der Waals surface area contributed by atoms with E-state index in [0.717, 1.165) is 51.4 Å². The first-order valence-corrected chi connectivity index (χ1v) is 8.06. The molecule has 0 radical (unpaired) electrons. The monoisotopic (exact) mass is 298 g/mol. The van der Waals surface area contributed by atoms with E-state index in [1.54, 1.807) is 0 Å². The highest BCUT2D eigenvalue weighted by molar-refractivity contribution is 5.82. The van der Waals surface area contributed by atoms with Crippen molar-refractivity contribution < 1.29 is 19.8 Å². The third kappa shape index (κ3) is 4.59. The molecule has 21 heavy (non-hydrogen) atoms. The molecule has 2 saturated carbocycles. The molecule has 0 aromatic heterocycles. The Morgan fingerprint density at radius 1 is 0.952 bits per heavy atom. The normalized spacial score (nSPS) is 28.6. The van der Waals surface area contributed by atoms with Gasteiger partial charge in [0.25, 0.3) is 0 Å². The Morgan fingerprint density at radius 3 is 2.19 bits per heavy atom. The largest absolute Gasteiger partial charge is 0.480 e. The molecule has 2 aliphatic rings. The highest BCUT2D eigenvalue weighted by Crippen LogP contribution is 2.26. The SMILES string of the molecule is O=C(NC1CCCCC1O)NC(C(=O)O)C1CCCCC1. The van der Waals surface area contributed by atoms with Crippen molar-refractivity contribution in [3.63, 3.8) is 0 Å². The van der Waals surface area contributed by atoms with Gasteiger partial charge in [-0.2, -0.15) is 0 Å². The Balaban J connectivity index is 1.87. The molecule has 2 rings (SSSR count). The number of hydrogen-bond acceptors (Lipinski definition) is 3. The van der Waals surface area contributed by atoms with Gasteiger partial charge in [0.05, 0.1) is 12.1 Å². The molecule has 120 valence electrons. The van der Waals surface area contributed by atoms with Crippen LogP contribution in [0.5, 0.6) is 0 Å². The summed E-state index contributed by atoms with van der Waals surface area (Å²) in [6, 6.07) is -1.57. The van der Waals surface area contributed by atoms with E-state index in [4.69, 9.17) is 0 Å².